The van der Waals surface area contributed by atoms with Crippen LogP contribution in [-0.2, 0) is 0 Å². The largest absolute Gasteiger partial charge is 0.374 e. The molecule has 1 aliphatic heterocycles. The van der Waals surface area contributed by atoms with E-state index in [4.69, 9.17) is 0 Å². The summed E-state index contributed by atoms with van der Waals surface area (Å²) in [6, 6.07) is 8.42. The van der Waals surface area contributed by atoms with Crippen LogP contribution in [0.2, 0.25) is 0 Å². The van der Waals surface area contributed by atoms with Crippen molar-refractivity contribution in [3.63, 3.8) is 0 Å². The van der Waals surface area contributed by atoms with Gasteiger partial charge in [0.05, 0.1) is 0 Å². The summed E-state index contributed by atoms with van der Waals surface area (Å²) in [5, 5.41) is 0. The summed E-state index contributed by atoms with van der Waals surface area (Å²) < 4.78 is 0. The summed E-state index contributed by atoms with van der Waals surface area (Å²) in [6.07, 6.45) is 5.39. The molecule has 1 aliphatic rings. The molecule has 0 spiro atoms. The Balaban J connectivity index is 2.52. The zero-order valence-corrected chi connectivity index (χ0v) is 8.53. The highest BCUT2D eigenvalue weighted by atomic mass is 15.1. The molecule has 0 aliphatic carbocycles. The van der Waals surface area contributed by atoms with Gasteiger partial charge in [-0.25, -0.2) is 0 Å². The quantitative estimate of drug-likeness (QED) is 0.600. The first kappa shape index (κ1) is 9.07. The highest BCUT2D eigenvalue weighted by Gasteiger charge is 2.09. The van der Waals surface area contributed by atoms with Crippen LogP contribution in [0.5, 0.6) is 0 Å². The predicted octanol–water partition coefficient (Wildman–Crippen LogP) is 3.10. The average Bonchev–Trinajstić information content (AvgIpc) is 2.22. The first-order valence-electron chi connectivity index (χ1n) is 4.95. The zero-order valence-electron chi connectivity index (χ0n) is 8.53. The van der Waals surface area contributed by atoms with E-state index in [1.54, 1.807) is 0 Å². The van der Waals surface area contributed by atoms with Crippen molar-refractivity contribution in [3.8, 4) is 0 Å². The second-order valence-electron chi connectivity index (χ2n) is 3.65. The normalized spacial score (nSPS) is 18.4. The Hall–Kier alpha value is -1.50. The number of nitrogens with zero attached hydrogens (tertiary/aromatic N) is 1. The van der Waals surface area contributed by atoms with E-state index in [0.717, 1.165) is 18.5 Å². The Morgan fingerprint density at radius 1 is 1.29 bits per heavy atom. The van der Waals surface area contributed by atoms with Gasteiger partial charge in [0.2, 0.25) is 0 Å². The predicted molar refractivity (Wildman–Crippen MR) is 62.5 cm³/mol. The number of anilines is 1. The SMILES string of the molecule is C=C1/C=C\CCN(C)c2ccccc21. The summed E-state index contributed by atoms with van der Waals surface area (Å²) >= 11 is 0. The molecule has 1 heteroatoms. The van der Waals surface area contributed by atoms with Gasteiger partial charge in [0.15, 0.2) is 0 Å². The van der Waals surface area contributed by atoms with Crippen LogP contribution in [0.3, 0.4) is 0 Å². The third-order valence-electron chi connectivity index (χ3n) is 2.61. The lowest BCUT2D eigenvalue weighted by atomic mass is 10.0. The number of allylic oxidation sites excluding steroid dienone is 2. The van der Waals surface area contributed by atoms with Crippen LogP contribution in [0.15, 0.2) is 43.0 Å². The summed E-state index contributed by atoms with van der Waals surface area (Å²) in [6.45, 7) is 5.15. The van der Waals surface area contributed by atoms with Crippen molar-refractivity contribution < 1.29 is 0 Å². The Labute approximate surface area is 85.4 Å². The van der Waals surface area contributed by atoms with E-state index < -0.39 is 0 Å². The van der Waals surface area contributed by atoms with E-state index >= 15 is 0 Å². The Kier molecular flexibility index (Phi) is 2.40. The van der Waals surface area contributed by atoms with Crippen molar-refractivity contribution in [2.75, 3.05) is 18.5 Å². The molecule has 0 aromatic heterocycles. The summed E-state index contributed by atoms with van der Waals surface area (Å²) in [5.74, 6) is 0. The third kappa shape index (κ3) is 1.58. The van der Waals surface area contributed by atoms with Crippen LogP contribution < -0.4 is 4.90 Å². The molecular formula is C13H15N. The zero-order chi connectivity index (χ0) is 9.97. The first-order valence-corrected chi connectivity index (χ1v) is 4.95. The summed E-state index contributed by atoms with van der Waals surface area (Å²) in [7, 11) is 2.13. The molecule has 1 nitrogen and oxygen atoms in total. The fourth-order valence-corrected chi connectivity index (χ4v) is 1.78. The van der Waals surface area contributed by atoms with Gasteiger partial charge >= 0.3 is 0 Å². The van der Waals surface area contributed by atoms with Gasteiger partial charge in [-0.05, 0) is 18.1 Å². The maximum absolute atomic E-state index is 4.08. The molecule has 2 rings (SSSR count). The minimum absolute atomic E-state index is 1.07. The minimum Gasteiger partial charge on any atom is -0.374 e. The van der Waals surface area contributed by atoms with Gasteiger partial charge in [0.25, 0.3) is 0 Å². The van der Waals surface area contributed by atoms with Gasteiger partial charge < -0.3 is 4.90 Å². The van der Waals surface area contributed by atoms with E-state index in [9.17, 15) is 0 Å². The lowest BCUT2D eigenvalue weighted by Crippen LogP contribution is -2.19. The molecule has 1 heterocycles. The Bertz CT molecular complexity index is 377. The van der Waals surface area contributed by atoms with E-state index in [1.165, 1.54) is 11.3 Å². The van der Waals surface area contributed by atoms with Crippen LogP contribution in [0.25, 0.3) is 5.57 Å². The van der Waals surface area contributed by atoms with E-state index in [0.29, 0.717) is 0 Å². The number of hydrogen-bond donors (Lipinski definition) is 0. The minimum atomic E-state index is 1.07. The van der Waals surface area contributed by atoms with E-state index in [2.05, 4.69) is 54.9 Å². The molecule has 0 bridgehead atoms. The van der Waals surface area contributed by atoms with Crippen LogP contribution in [0.4, 0.5) is 5.69 Å². The molecular weight excluding hydrogens is 170 g/mol. The summed E-state index contributed by atoms with van der Waals surface area (Å²) in [4.78, 5) is 2.28. The molecule has 72 valence electrons. The maximum Gasteiger partial charge on any atom is 0.0443 e. The molecule has 0 atom stereocenters. The topological polar surface area (TPSA) is 3.24 Å². The van der Waals surface area contributed by atoms with Crippen molar-refractivity contribution in [3.05, 3.63) is 48.6 Å². The lowest BCUT2D eigenvalue weighted by molar-refractivity contribution is 0.894. The molecule has 0 saturated carbocycles. The average molecular weight is 185 g/mol. The molecule has 14 heavy (non-hydrogen) atoms. The van der Waals surface area contributed by atoms with Crippen molar-refractivity contribution in [2.24, 2.45) is 0 Å². The molecule has 0 fully saturated rings. The molecule has 0 radical (unpaired) electrons. The molecule has 0 N–H and O–H groups in total. The van der Waals surface area contributed by atoms with Gasteiger partial charge in [-0.2, -0.15) is 0 Å². The smallest absolute Gasteiger partial charge is 0.0443 e. The van der Waals surface area contributed by atoms with Crippen LogP contribution in [-0.4, -0.2) is 13.6 Å². The molecule has 0 unspecified atom stereocenters. The molecule has 0 amide bonds. The number of para-hydroxylation sites is 1. The number of rotatable bonds is 0. The van der Waals surface area contributed by atoms with Crippen LogP contribution in [0, 0.1) is 0 Å². The van der Waals surface area contributed by atoms with Crippen LogP contribution >= 0.6 is 0 Å². The highest BCUT2D eigenvalue weighted by Crippen LogP contribution is 2.27. The van der Waals surface area contributed by atoms with Crippen molar-refractivity contribution in [1.29, 1.82) is 0 Å². The van der Waals surface area contributed by atoms with Gasteiger partial charge in [-0.3, -0.25) is 0 Å². The Morgan fingerprint density at radius 2 is 2.07 bits per heavy atom. The second kappa shape index (κ2) is 3.70. The third-order valence-corrected chi connectivity index (χ3v) is 2.61. The van der Waals surface area contributed by atoms with Gasteiger partial charge in [-0.15, -0.1) is 0 Å². The molecule has 1 aromatic rings. The number of fused-ring (bicyclic) bond motifs is 1. The summed E-state index contributed by atoms with van der Waals surface area (Å²) in [5.41, 5.74) is 3.62. The van der Waals surface area contributed by atoms with Crippen LogP contribution in [0.1, 0.15) is 12.0 Å². The molecule has 1 aromatic carbocycles. The van der Waals surface area contributed by atoms with Gasteiger partial charge in [0, 0.05) is 24.8 Å². The first-order chi connectivity index (χ1) is 6.79. The van der Waals surface area contributed by atoms with Crippen molar-refractivity contribution in [2.45, 2.75) is 6.42 Å². The fourth-order valence-electron chi connectivity index (χ4n) is 1.78. The van der Waals surface area contributed by atoms with E-state index in [1.807, 2.05) is 0 Å². The highest BCUT2D eigenvalue weighted by molar-refractivity contribution is 5.81. The Morgan fingerprint density at radius 3 is 2.93 bits per heavy atom. The fraction of sp³-hybridized carbons (Fsp3) is 0.231. The van der Waals surface area contributed by atoms with Gasteiger partial charge in [0.1, 0.15) is 0 Å². The molecule has 0 saturated heterocycles. The lowest BCUT2D eigenvalue weighted by Gasteiger charge is -2.23. The number of hydrogen-bond acceptors (Lipinski definition) is 1. The second-order valence-corrected chi connectivity index (χ2v) is 3.65. The van der Waals surface area contributed by atoms with Crippen molar-refractivity contribution >= 4 is 11.3 Å². The van der Waals surface area contributed by atoms with Gasteiger partial charge in [-0.1, -0.05) is 36.9 Å². The maximum atomic E-state index is 4.08. The number of benzene rings is 1. The monoisotopic (exact) mass is 185 g/mol. The standard InChI is InChI=1S/C13H15N/c1-11-7-5-6-10-14(2)13-9-4-3-8-12(11)13/h3-5,7-9H,1,6,10H2,2H3/b7-5-. The van der Waals surface area contributed by atoms with Crippen molar-refractivity contribution in [1.82, 2.24) is 0 Å². The van der Waals surface area contributed by atoms with E-state index in [-0.39, 0.29) is 0 Å².